The van der Waals surface area contributed by atoms with Crippen molar-refractivity contribution in [1.82, 2.24) is 8.96 Å². The SMILES string of the molecule is COC(=O)c1cc2cc(OC)cnc2n1S(=O)(=O)c1ccc(C)cc1. The molecule has 0 saturated carbocycles. The van der Waals surface area contributed by atoms with Gasteiger partial charge in [0.1, 0.15) is 11.4 Å². The first-order valence-corrected chi connectivity index (χ1v) is 8.78. The van der Waals surface area contributed by atoms with E-state index in [9.17, 15) is 13.2 Å². The van der Waals surface area contributed by atoms with Crippen LogP contribution in [0.2, 0.25) is 0 Å². The van der Waals surface area contributed by atoms with Crippen molar-refractivity contribution in [2.45, 2.75) is 11.8 Å². The van der Waals surface area contributed by atoms with Gasteiger partial charge in [-0.15, -0.1) is 0 Å². The average molecular weight is 360 g/mol. The van der Waals surface area contributed by atoms with Gasteiger partial charge in [-0.2, -0.15) is 0 Å². The molecule has 0 spiro atoms. The average Bonchev–Trinajstić information content (AvgIpc) is 3.00. The molecule has 0 radical (unpaired) electrons. The standard InChI is InChI=1S/C17H16N2O5S/c1-11-4-6-14(7-5-11)25(21,22)19-15(17(20)24-3)9-12-8-13(23-2)10-18-16(12)19/h4-10H,1-3H3. The molecule has 8 heteroatoms. The second-order valence-electron chi connectivity index (χ2n) is 5.39. The summed E-state index contributed by atoms with van der Waals surface area (Å²) in [6.45, 7) is 1.86. The van der Waals surface area contributed by atoms with Crippen molar-refractivity contribution in [3.8, 4) is 5.75 Å². The van der Waals surface area contributed by atoms with Crippen molar-refractivity contribution in [2.75, 3.05) is 14.2 Å². The van der Waals surface area contributed by atoms with Crippen molar-refractivity contribution in [1.29, 1.82) is 0 Å². The summed E-state index contributed by atoms with van der Waals surface area (Å²) in [4.78, 5) is 16.3. The minimum absolute atomic E-state index is 0.0540. The first-order valence-electron chi connectivity index (χ1n) is 7.34. The van der Waals surface area contributed by atoms with E-state index in [1.165, 1.54) is 38.6 Å². The Bertz CT molecular complexity index is 1050. The van der Waals surface area contributed by atoms with Crippen LogP contribution in [0.3, 0.4) is 0 Å². The highest BCUT2D eigenvalue weighted by atomic mass is 32.2. The van der Waals surface area contributed by atoms with Crippen LogP contribution in [-0.2, 0) is 14.8 Å². The summed E-state index contributed by atoms with van der Waals surface area (Å²) in [7, 11) is -1.36. The topological polar surface area (TPSA) is 87.5 Å². The third-order valence-electron chi connectivity index (χ3n) is 3.76. The fourth-order valence-electron chi connectivity index (χ4n) is 2.47. The molecule has 0 bridgehead atoms. The fourth-order valence-corrected chi connectivity index (χ4v) is 3.92. The second kappa shape index (κ2) is 6.21. The molecule has 0 aliphatic carbocycles. The zero-order valence-electron chi connectivity index (χ0n) is 13.9. The third kappa shape index (κ3) is 2.85. The van der Waals surface area contributed by atoms with Gasteiger partial charge < -0.3 is 9.47 Å². The van der Waals surface area contributed by atoms with Crippen molar-refractivity contribution >= 4 is 27.0 Å². The Hall–Kier alpha value is -2.87. The highest BCUT2D eigenvalue weighted by Crippen LogP contribution is 2.27. The zero-order valence-corrected chi connectivity index (χ0v) is 14.7. The smallest absolute Gasteiger partial charge is 0.355 e. The molecule has 0 unspecified atom stereocenters. The summed E-state index contributed by atoms with van der Waals surface area (Å²) in [5.74, 6) is -0.318. The summed E-state index contributed by atoms with van der Waals surface area (Å²) in [6, 6.07) is 9.38. The van der Waals surface area contributed by atoms with Gasteiger partial charge in [-0.3, -0.25) is 0 Å². The Morgan fingerprint density at radius 3 is 2.40 bits per heavy atom. The molecule has 0 atom stereocenters. The maximum Gasteiger partial charge on any atom is 0.355 e. The van der Waals surface area contributed by atoms with Crippen LogP contribution in [-0.4, -0.2) is 37.6 Å². The van der Waals surface area contributed by atoms with E-state index in [2.05, 4.69) is 4.98 Å². The summed E-state index contributed by atoms with van der Waals surface area (Å²) < 4.78 is 36.9. The molecule has 0 amide bonds. The number of esters is 1. The normalized spacial score (nSPS) is 11.5. The molecule has 3 rings (SSSR count). The lowest BCUT2D eigenvalue weighted by Crippen LogP contribution is -2.19. The van der Waals surface area contributed by atoms with E-state index in [0.717, 1.165) is 9.54 Å². The highest BCUT2D eigenvalue weighted by Gasteiger charge is 2.27. The maximum atomic E-state index is 13.1. The number of carbonyl (C=O) groups is 1. The summed E-state index contributed by atoms with van der Waals surface area (Å²) >= 11 is 0. The van der Waals surface area contributed by atoms with Crippen LogP contribution in [0.25, 0.3) is 11.0 Å². The number of aryl methyl sites for hydroxylation is 1. The molecular weight excluding hydrogens is 344 g/mol. The third-order valence-corrected chi connectivity index (χ3v) is 5.48. The molecule has 0 aliphatic heterocycles. The number of benzene rings is 1. The molecule has 0 N–H and O–H groups in total. The van der Waals surface area contributed by atoms with E-state index in [1.54, 1.807) is 18.2 Å². The van der Waals surface area contributed by atoms with Gasteiger partial charge in [0.25, 0.3) is 10.0 Å². The predicted molar refractivity (Wildman–Crippen MR) is 91.4 cm³/mol. The van der Waals surface area contributed by atoms with Crippen LogP contribution in [0.5, 0.6) is 5.75 Å². The van der Waals surface area contributed by atoms with Crippen molar-refractivity contribution < 1.29 is 22.7 Å². The van der Waals surface area contributed by atoms with Crippen molar-refractivity contribution in [2.24, 2.45) is 0 Å². The lowest BCUT2D eigenvalue weighted by molar-refractivity contribution is 0.0593. The van der Waals surface area contributed by atoms with E-state index in [4.69, 9.17) is 9.47 Å². The predicted octanol–water partition coefficient (Wildman–Crippen LogP) is 2.38. The molecule has 3 aromatic rings. The van der Waals surface area contributed by atoms with Gasteiger partial charge in [-0.05, 0) is 31.2 Å². The second-order valence-corrected chi connectivity index (χ2v) is 7.18. The summed E-state index contributed by atoms with van der Waals surface area (Å²) in [6.07, 6.45) is 1.39. The Kier molecular flexibility index (Phi) is 4.22. The Morgan fingerprint density at radius 2 is 1.80 bits per heavy atom. The minimum Gasteiger partial charge on any atom is -0.495 e. The zero-order chi connectivity index (χ0) is 18.2. The van der Waals surface area contributed by atoms with E-state index < -0.39 is 16.0 Å². The molecular formula is C17H16N2O5S. The number of hydrogen-bond acceptors (Lipinski definition) is 6. The van der Waals surface area contributed by atoms with Crippen LogP contribution >= 0.6 is 0 Å². The molecule has 25 heavy (non-hydrogen) atoms. The number of pyridine rings is 1. The van der Waals surface area contributed by atoms with E-state index >= 15 is 0 Å². The van der Waals surface area contributed by atoms with Gasteiger partial charge in [0.15, 0.2) is 5.65 Å². The molecule has 2 heterocycles. The highest BCUT2D eigenvalue weighted by molar-refractivity contribution is 7.90. The molecule has 0 fully saturated rings. The Balaban J connectivity index is 2.32. The van der Waals surface area contributed by atoms with Gasteiger partial charge >= 0.3 is 5.97 Å². The van der Waals surface area contributed by atoms with Gasteiger partial charge in [-0.25, -0.2) is 22.2 Å². The number of ether oxygens (including phenoxy) is 2. The van der Waals surface area contributed by atoms with Gasteiger partial charge in [0.2, 0.25) is 0 Å². The molecule has 0 saturated heterocycles. The van der Waals surface area contributed by atoms with Gasteiger partial charge in [-0.1, -0.05) is 17.7 Å². The molecule has 7 nitrogen and oxygen atoms in total. The Morgan fingerprint density at radius 1 is 1.12 bits per heavy atom. The van der Waals surface area contributed by atoms with Gasteiger partial charge in [0, 0.05) is 5.39 Å². The van der Waals surface area contributed by atoms with Crippen LogP contribution in [0, 0.1) is 6.92 Å². The Labute approximate surface area is 144 Å². The fraction of sp³-hybridized carbons (Fsp3) is 0.176. The minimum atomic E-state index is -4.03. The van der Waals surface area contributed by atoms with Crippen molar-refractivity contribution in [3.05, 3.63) is 53.9 Å². The first kappa shape index (κ1) is 17.0. The molecule has 0 aliphatic rings. The summed E-state index contributed by atoms with van der Waals surface area (Å²) in [5, 5.41) is 0.454. The first-order chi connectivity index (χ1) is 11.9. The molecule has 1 aromatic carbocycles. The lowest BCUT2D eigenvalue weighted by atomic mass is 10.2. The quantitative estimate of drug-likeness (QED) is 0.664. The van der Waals surface area contributed by atoms with E-state index in [1.807, 2.05) is 6.92 Å². The van der Waals surface area contributed by atoms with Crippen LogP contribution in [0.15, 0.2) is 47.5 Å². The monoisotopic (exact) mass is 360 g/mol. The van der Waals surface area contributed by atoms with Crippen LogP contribution < -0.4 is 4.74 Å². The number of methoxy groups -OCH3 is 2. The number of fused-ring (bicyclic) bond motifs is 1. The van der Waals surface area contributed by atoms with E-state index in [-0.39, 0.29) is 16.2 Å². The number of nitrogens with zero attached hydrogens (tertiary/aromatic N) is 2. The van der Waals surface area contributed by atoms with E-state index in [0.29, 0.717) is 11.1 Å². The number of rotatable bonds is 4. The number of aromatic nitrogens is 2. The van der Waals surface area contributed by atoms with Gasteiger partial charge in [0.05, 0.1) is 25.3 Å². The van der Waals surface area contributed by atoms with Crippen LogP contribution in [0.4, 0.5) is 0 Å². The largest absolute Gasteiger partial charge is 0.495 e. The molecule has 130 valence electrons. The molecule has 2 aromatic heterocycles. The lowest BCUT2D eigenvalue weighted by Gasteiger charge is -2.10. The van der Waals surface area contributed by atoms with Crippen LogP contribution in [0.1, 0.15) is 16.1 Å². The maximum absolute atomic E-state index is 13.1. The number of carbonyl (C=O) groups excluding carboxylic acids is 1. The number of hydrogen-bond donors (Lipinski definition) is 0. The summed E-state index contributed by atoms with van der Waals surface area (Å²) in [5.41, 5.74) is 0.924. The van der Waals surface area contributed by atoms with Crippen molar-refractivity contribution in [3.63, 3.8) is 0 Å².